The largest absolute Gasteiger partial charge is 0.378 e. The molecule has 2 heteroatoms. The average molecular weight is 287 g/mol. The lowest BCUT2D eigenvalue weighted by Crippen LogP contribution is -2.36. The Bertz CT molecular complexity index is 954. The molecule has 0 radical (unpaired) electrons. The molecule has 4 aromatic rings. The van der Waals surface area contributed by atoms with E-state index in [4.69, 9.17) is 4.74 Å². The zero-order valence-corrected chi connectivity index (χ0v) is 12.4. The molecule has 0 aliphatic carbocycles. The summed E-state index contributed by atoms with van der Waals surface area (Å²) in [4.78, 5) is 2.45. The Morgan fingerprint density at radius 3 is 2.09 bits per heavy atom. The minimum absolute atomic E-state index is 0.821. The van der Waals surface area contributed by atoms with Gasteiger partial charge in [0.2, 0.25) is 0 Å². The molecular formula is C20H17NO. The number of morpholine rings is 1. The molecular weight excluding hydrogens is 270 g/mol. The number of anilines is 1. The summed E-state index contributed by atoms with van der Waals surface area (Å²) in [5.41, 5.74) is 1.34. The van der Waals surface area contributed by atoms with E-state index in [9.17, 15) is 0 Å². The molecule has 1 saturated heterocycles. The van der Waals surface area contributed by atoms with Crippen LogP contribution in [0.4, 0.5) is 5.69 Å². The SMILES string of the molecule is c1cc2ccc3ccc(N4CCOCC4)c4ccc(c1)c2c34. The van der Waals surface area contributed by atoms with Crippen molar-refractivity contribution in [3.05, 3.63) is 54.6 Å². The molecule has 0 unspecified atom stereocenters. The van der Waals surface area contributed by atoms with Gasteiger partial charge in [0.1, 0.15) is 0 Å². The molecule has 4 aromatic carbocycles. The lowest BCUT2D eigenvalue weighted by atomic mass is 9.93. The van der Waals surface area contributed by atoms with Gasteiger partial charge in [0.15, 0.2) is 0 Å². The molecule has 0 amide bonds. The Labute approximate surface area is 129 Å². The first kappa shape index (κ1) is 12.2. The van der Waals surface area contributed by atoms with Crippen molar-refractivity contribution >= 4 is 38.0 Å². The zero-order chi connectivity index (χ0) is 14.5. The summed E-state index contributed by atoms with van der Waals surface area (Å²) in [6.07, 6.45) is 0. The van der Waals surface area contributed by atoms with Gasteiger partial charge in [0.25, 0.3) is 0 Å². The Morgan fingerprint density at radius 2 is 1.32 bits per heavy atom. The lowest BCUT2D eigenvalue weighted by molar-refractivity contribution is 0.123. The highest BCUT2D eigenvalue weighted by atomic mass is 16.5. The van der Waals surface area contributed by atoms with Gasteiger partial charge in [-0.1, -0.05) is 48.5 Å². The predicted molar refractivity (Wildman–Crippen MR) is 93.2 cm³/mol. The molecule has 1 aliphatic heterocycles. The van der Waals surface area contributed by atoms with Crippen LogP contribution >= 0.6 is 0 Å². The van der Waals surface area contributed by atoms with E-state index in [2.05, 4.69) is 59.5 Å². The second-order valence-corrected chi connectivity index (χ2v) is 6.04. The topological polar surface area (TPSA) is 12.5 Å². The van der Waals surface area contributed by atoms with Crippen LogP contribution in [0.5, 0.6) is 0 Å². The minimum atomic E-state index is 0.821. The van der Waals surface area contributed by atoms with E-state index in [0.717, 1.165) is 26.3 Å². The molecule has 1 heterocycles. The van der Waals surface area contributed by atoms with Crippen LogP contribution in [-0.4, -0.2) is 26.3 Å². The highest BCUT2D eigenvalue weighted by molar-refractivity contribution is 6.25. The number of hydrogen-bond acceptors (Lipinski definition) is 2. The molecule has 0 spiro atoms. The second-order valence-electron chi connectivity index (χ2n) is 6.04. The molecule has 0 N–H and O–H groups in total. The van der Waals surface area contributed by atoms with E-state index in [0.29, 0.717) is 0 Å². The molecule has 0 aromatic heterocycles. The van der Waals surface area contributed by atoms with E-state index in [-0.39, 0.29) is 0 Å². The predicted octanol–water partition coefficient (Wildman–Crippen LogP) is 4.42. The van der Waals surface area contributed by atoms with Crippen LogP contribution in [0.25, 0.3) is 32.3 Å². The standard InChI is InChI=1S/C20H17NO/c1-2-14-4-5-16-7-9-18(21-10-12-22-13-11-21)17-8-6-15(3-1)19(14)20(16)17/h1-9H,10-13H2. The molecule has 5 rings (SSSR count). The van der Waals surface area contributed by atoms with Crippen LogP contribution in [0.15, 0.2) is 54.6 Å². The summed E-state index contributed by atoms with van der Waals surface area (Å²) in [6.45, 7) is 3.60. The van der Waals surface area contributed by atoms with Crippen molar-refractivity contribution < 1.29 is 4.74 Å². The van der Waals surface area contributed by atoms with Crippen LogP contribution < -0.4 is 4.90 Å². The first-order valence-corrected chi connectivity index (χ1v) is 7.91. The van der Waals surface area contributed by atoms with Crippen LogP contribution in [0.2, 0.25) is 0 Å². The summed E-state index contributed by atoms with van der Waals surface area (Å²) in [5, 5.41) is 8.15. The number of benzene rings is 4. The summed E-state index contributed by atoms with van der Waals surface area (Å²) >= 11 is 0. The Hall–Kier alpha value is -2.32. The smallest absolute Gasteiger partial charge is 0.0642 e. The zero-order valence-electron chi connectivity index (χ0n) is 12.4. The summed E-state index contributed by atoms with van der Waals surface area (Å²) in [6, 6.07) is 20.1. The van der Waals surface area contributed by atoms with Crippen molar-refractivity contribution in [1.29, 1.82) is 0 Å². The minimum Gasteiger partial charge on any atom is -0.378 e. The van der Waals surface area contributed by atoms with E-state index < -0.39 is 0 Å². The lowest BCUT2D eigenvalue weighted by Gasteiger charge is -2.30. The van der Waals surface area contributed by atoms with Crippen molar-refractivity contribution in [2.75, 3.05) is 31.2 Å². The highest BCUT2D eigenvalue weighted by Gasteiger charge is 2.16. The molecule has 0 saturated carbocycles. The van der Waals surface area contributed by atoms with Gasteiger partial charge in [-0.2, -0.15) is 0 Å². The first-order chi connectivity index (χ1) is 10.9. The van der Waals surface area contributed by atoms with Gasteiger partial charge in [-0.25, -0.2) is 0 Å². The molecule has 1 aliphatic rings. The van der Waals surface area contributed by atoms with Gasteiger partial charge in [-0.15, -0.1) is 0 Å². The average Bonchev–Trinajstić information content (AvgIpc) is 2.60. The van der Waals surface area contributed by atoms with Crippen molar-refractivity contribution in [3.8, 4) is 0 Å². The monoisotopic (exact) mass is 287 g/mol. The fourth-order valence-corrected chi connectivity index (χ4v) is 3.80. The normalized spacial score (nSPS) is 16.1. The summed E-state index contributed by atoms with van der Waals surface area (Å²) in [7, 11) is 0. The second kappa shape index (κ2) is 4.59. The van der Waals surface area contributed by atoms with Gasteiger partial charge in [0, 0.05) is 24.2 Å². The van der Waals surface area contributed by atoms with E-state index in [1.165, 1.54) is 38.0 Å². The number of rotatable bonds is 1. The molecule has 108 valence electrons. The third-order valence-corrected chi connectivity index (χ3v) is 4.86. The maximum atomic E-state index is 5.50. The molecule has 0 atom stereocenters. The van der Waals surface area contributed by atoms with Crippen molar-refractivity contribution in [2.24, 2.45) is 0 Å². The third-order valence-electron chi connectivity index (χ3n) is 4.86. The maximum Gasteiger partial charge on any atom is 0.0642 e. The Balaban J connectivity index is 1.89. The van der Waals surface area contributed by atoms with Crippen LogP contribution in [0, 0.1) is 0 Å². The van der Waals surface area contributed by atoms with E-state index >= 15 is 0 Å². The van der Waals surface area contributed by atoms with E-state index in [1.807, 2.05) is 0 Å². The van der Waals surface area contributed by atoms with Crippen molar-refractivity contribution in [2.45, 2.75) is 0 Å². The van der Waals surface area contributed by atoms with Gasteiger partial charge in [0.05, 0.1) is 13.2 Å². The van der Waals surface area contributed by atoms with Gasteiger partial charge in [-0.05, 0) is 33.0 Å². The number of ether oxygens (including phenoxy) is 1. The van der Waals surface area contributed by atoms with Gasteiger partial charge >= 0.3 is 0 Å². The number of nitrogens with zero attached hydrogens (tertiary/aromatic N) is 1. The maximum absolute atomic E-state index is 5.50. The molecule has 22 heavy (non-hydrogen) atoms. The fourth-order valence-electron chi connectivity index (χ4n) is 3.80. The Kier molecular flexibility index (Phi) is 2.55. The molecule has 1 fully saturated rings. The quantitative estimate of drug-likeness (QED) is 0.480. The van der Waals surface area contributed by atoms with Crippen LogP contribution in [-0.2, 0) is 4.74 Å². The van der Waals surface area contributed by atoms with Crippen LogP contribution in [0.1, 0.15) is 0 Å². The van der Waals surface area contributed by atoms with Crippen molar-refractivity contribution in [3.63, 3.8) is 0 Å². The summed E-state index contributed by atoms with van der Waals surface area (Å²) in [5.74, 6) is 0. The third kappa shape index (κ3) is 1.65. The van der Waals surface area contributed by atoms with Crippen LogP contribution in [0.3, 0.4) is 0 Å². The van der Waals surface area contributed by atoms with Gasteiger partial charge < -0.3 is 9.64 Å². The first-order valence-electron chi connectivity index (χ1n) is 7.91. The Morgan fingerprint density at radius 1 is 0.682 bits per heavy atom. The summed E-state index contributed by atoms with van der Waals surface area (Å²) < 4.78 is 5.50. The van der Waals surface area contributed by atoms with E-state index in [1.54, 1.807) is 0 Å². The van der Waals surface area contributed by atoms with Crippen molar-refractivity contribution in [1.82, 2.24) is 0 Å². The fraction of sp³-hybridized carbons (Fsp3) is 0.200. The van der Waals surface area contributed by atoms with Gasteiger partial charge in [-0.3, -0.25) is 0 Å². The number of hydrogen-bond donors (Lipinski definition) is 0. The highest BCUT2D eigenvalue weighted by Crippen LogP contribution is 2.38. The molecule has 0 bridgehead atoms. The molecule has 2 nitrogen and oxygen atoms in total.